The summed E-state index contributed by atoms with van der Waals surface area (Å²) in [6.07, 6.45) is 8.22. The maximum Gasteiger partial charge on any atom is 0.164 e. The molecule has 1 aliphatic heterocycles. The molecule has 21 heavy (non-hydrogen) atoms. The van der Waals surface area contributed by atoms with Crippen molar-refractivity contribution >= 4 is 5.78 Å². The Labute approximate surface area is 128 Å². The molecule has 0 saturated carbocycles. The van der Waals surface area contributed by atoms with E-state index in [0.717, 1.165) is 31.0 Å². The number of nitrogens with zero attached hydrogens (tertiary/aromatic N) is 1. The number of ketones is 1. The summed E-state index contributed by atoms with van der Waals surface area (Å²) in [6, 6.07) is 6.39. The number of Topliss-reactive ketones (excluding diaryl/α,β-unsaturated/α-hetero) is 1. The van der Waals surface area contributed by atoms with E-state index in [0.29, 0.717) is 12.2 Å². The van der Waals surface area contributed by atoms with E-state index >= 15 is 0 Å². The van der Waals surface area contributed by atoms with Crippen molar-refractivity contribution in [1.82, 2.24) is 4.90 Å². The predicted molar refractivity (Wildman–Crippen MR) is 86.9 cm³/mol. The summed E-state index contributed by atoms with van der Waals surface area (Å²) in [7, 11) is 0. The first-order chi connectivity index (χ1) is 10.2. The van der Waals surface area contributed by atoms with Crippen LogP contribution in [0.15, 0.2) is 18.2 Å². The molecule has 1 aromatic rings. The molecule has 2 heteroatoms. The van der Waals surface area contributed by atoms with E-state index in [-0.39, 0.29) is 0 Å². The molecule has 0 amide bonds. The lowest BCUT2D eigenvalue weighted by molar-refractivity contribution is 0.0949. The van der Waals surface area contributed by atoms with Crippen LogP contribution in [-0.4, -0.2) is 30.3 Å². The highest BCUT2D eigenvalue weighted by atomic mass is 16.1. The van der Waals surface area contributed by atoms with Crippen LogP contribution >= 0.6 is 0 Å². The molecule has 0 N–H and O–H groups in total. The third kappa shape index (κ3) is 3.74. The van der Waals surface area contributed by atoms with Crippen LogP contribution in [0.25, 0.3) is 0 Å². The Morgan fingerprint density at radius 1 is 1.19 bits per heavy atom. The van der Waals surface area contributed by atoms with Gasteiger partial charge in [0.1, 0.15) is 0 Å². The lowest BCUT2D eigenvalue weighted by Crippen LogP contribution is -2.35. The van der Waals surface area contributed by atoms with Crippen molar-refractivity contribution in [1.29, 1.82) is 0 Å². The summed E-state index contributed by atoms with van der Waals surface area (Å²) in [4.78, 5) is 14.9. The smallest absolute Gasteiger partial charge is 0.164 e. The van der Waals surface area contributed by atoms with E-state index in [4.69, 9.17) is 0 Å². The summed E-state index contributed by atoms with van der Waals surface area (Å²) >= 11 is 0. The second-order valence-electron chi connectivity index (χ2n) is 6.91. The second-order valence-corrected chi connectivity index (χ2v) is 6.91. The maximum atomic E-state index is 12.4. The highest BCUT2D eigenvalue weighted by Gasteiger charge is 2.18. The Balaban J connectivity index is 1.57. The van der Waals surface area contributed by atoms with Crippen LogP contribution in [0.5, 0.6) is 0 Å². The number of fused-ring (bicyclic) bond motifs is 1. The van der Waals surface area contributed by atoms with Crippen molar-refractivity contribution in [2.75, 3.05) is 19.6 Å². The highest BCUT2D eigenvalue weighted by molar-refractivity contribution is 5.96. The van der Waals surface area contributed by atoms with Crippen LogP contribution in [0.2, 0.25) is 0 Å². The van der Waals surface area contributed by atoms with E-state index in [2.05, 4.69) is 24.0 Å². The number of aryl methyl sites for hydroxylation is 2. The molecule has 1 heterocycles. The Bertz CT molecular complexity index is 508. The molecular formula is C19H27NO. The van der Waals surface area contributed by atoms with Gasteiger partial charge in [0, 0.05) is 25.1 Å². The second kappa shape index (κ2) is 6.74. The zero-order valence-electron chi connectivity index (χ0n) is 13.2. The number of likely N-dealkylation sites (tertiary alicyclic amines) is 1. The summed E-state index contributed by atoms with van der Waals surface area (Å²) in [5.74, 6) is 1.11. The number of hydrogen-bond donors (Lipinski definition) is 0. The maximum absolute atomic E-state index is 12.4. The molecule has 3 rings (SSSR count). The van der Waals surface area contributed by atoms with Crippen molar-refractivity contribution in [2.45, 2.75) is 51.9 Å². The van der Waals surface area contributed by atoms with Gasteiger partial charge in [-0.25, -0.2) is 0 Å². The molecular weight excluding hydrogens is 258 g/mol. The van der Waals surface area contributed by atoms with Gasteiger partial charge in [-0.1, -0.05) is 19.1 Å². The molecule has 2 aliphatic rings. The normalized spacial score (nSPS) is 22.8. The standard InChI is InChI=1S/C19H27NO/c1-15-5-4-11-20(14-15)12-10-19(21)18-9-8-16-6-2-3-7-17(16)13-18/h8-9,13,15H,2-7,10-12,14H2,1H3. The molecule has 1 unspecified atom stereocenters. The van der Waals surface area contributed by atoms with Gasteiger partial charge in [0.2, 0.25) is 0 Å². The highest BCUT2D eigenvalue weighted by Crippen LogP contribution is 2.23. The van der Waals surface area contributed by atoms with Crippen LogP contribution in [0, 0.1) is 5.92 Å². The average molecular weight is 285 g/mol. The van der Waals surface area contributed by atoms with Crippen LogP contribution < -0.4 is 0 Å². The summed E-state index contributed by atoms with van der Waals surface area (Å²) in [5.41, 5.74) is 3.81. The van der Waals surface area contributed by atoms with Crippen molar-refractivity contribution in [2.24, 2.45) is 5.92 Å². The van der Waals surface area contributed by atoms with Gasteiger partial charge in [0.15, 0.2) is 5.78 Å². The minimum Gasteiger partial charge on any atom is -0.303 e. The summed E-state index contributed by atoms with van der Waals surface area (Å²) < 4.78 is 0. The van der Waals surface area contributed by atoms with Crippen molar-refractivity contribution < 1.29 is 4.79 Å². The molecule has 114 valence electrons. The van der Waals surface area contributed by atoms with Crippen LogP contribution in [0.4, 0.5) is 0 Å². The zero-order chi connectivity index (χ0) is 14.7. The number of carbonyl (C=O) groups excluding carboxylic acids is 1. The van der Waals surface area contributed by atoms with Gasteiger partial charge in [0.05, 0.1) is 0 Å². The van der Waals surface area contributed by atoms with Gasteiger partial charge >= 0.3 is 0 Å². The van der Waals surface area contributed by atoms with E-state index in [1.54, 1.807) is 0 Å². The first-order valence-electron chi connectivity index (χ1n) is 8.60. The lowest BCUT2D eigenvalue weighted by Gasteiger charge is -2.30. The number of benzene rings is 1. The van der Waals surface area contributed by atoms with Crippen molar-refractivity contribution in [3.05, 3.63) is 34.9 Å². The van der Waals surface area contributed by atoms with E-state index < -0.39 is 0 Å². The third-order valence-electron chi connectivity index (χ3n) is 5.07. The molecule has 0 bridgehead atoms. The fourth-order valence-electron chi connectivity index (χ4n) is 3.80. The van der Waals surface area contributed by atoms with Gasteiger partial charge in [-0.3, -0.25) is 4.79 Å². The third-order valence-corrected chi connectivity index (χ3v) is 5.07. The molecule has 1 aliphatic carbocycles. The summed E-state index contributed by atoms with van der Waals surface area (Å²) in [6.45, 7) is 5.58. The predicted octanol–water partition coefficient (Wildman–Crippen LogP) is 3.87. The van der Waals surface area contributed by atoms with Crippen molar-refractivity contribution in [3.8, 4) is 0 Å². The number of rotatable bonds is 4. The Hall–Kier alpha value is -1.15. The summed E-state index contributed by atoms with van der Waals surface area (Å²) in [5, 5.41) is 0. The first-order valence-corrected chi connectivity index (χ1v) is 8.60. The van der Waals surface area contributed by atoms with Gasteiger partial charge in [0.25, 0.3) is 0 Å². The molecule has 0 spiro atoms. The van der Waals surface area contributed by atoms with Gasteiger partial charge < -0.3 is 4.90 Å². The molecule has 2 nitrogen and oxygen atoms in total. The zero-order valence-corrected chi connectivity index (χ0v) is 13.2. The van der Waals surface area contributed by atoms with E-state index in [1.165, 1.54) is 49.8 Å². The lowest BCUT2D eigenvalue weighted by atomic mass is 9.89. The van der Waals surface area contributed by atoms with Crippen LogP contribution in [-0.2, 0) is 12.8 Å². The van der Waals surface area contributed by atoms with E-state index in [9.17, 15) is 4.79 Å². The monoisotopic (exact) mass is 285 g/mol. The first kappa shape index (κ1) is 14.8. The Kier molecular flexibility index (Phi) is 4.74. The van der Waals surface area contributed by atoms with Crippen LogP contribution in [0.1, 0.15) is 60.5 Å². The topological polar surface area (TPSA) is 20.3 Å². The minimum absolute atomic E-state index is 0.321. The SMILES string of the molecule is CC1CCCN(CCC(=O)c2ccc3c(c2)CCCC3)C1. The number of hydrogen-bond acceptors (Lipinski definition) is 2. The molecule has 1 fully saturated rings. The minimum atomic E-state index is 0.321. The Morgan fingerprint density at radius 2 is 2.00 bits per heavy atom. The molecule has 0 radical (unpaired) electrons. The largest absolute Gasteiger partial charge is 0.303 e. The Morgan fingerprint density at radius 3 is 2.81 bits per heavy atom. The number of piperidine rings is 1. The molecule has 1 aromatic carbocycles. The molecule has 1 saturated heterocycles. The fraction of sp³-hybridized carbons (Fsp3) is 0.632. The number of carbonyl (C=O) groups is 1. The van der Waals surface area contributed by atoms with Gasteiger partial charge in [-0.15, -0.1) is 0 Å². The molecule has 1 atom stereocenters. The fourth-order valence-corrected chi connectivity index (χ4v) is 3.80. The quantitative estimate of drug-likeness (QED) is 0.783. The molecule has 0 aromatic heterocycles. The van der Waals surface area contributed by atoms with Gasteiger partial charge in [-0.05, 0) is 68.2 Å². The van der Waals surface area contributed by atoms with Crippen LogP contribution in [0.3, 0.4) is 0 Å². The van der Waals surface area contributed by atoms with Crippen molar-refractivity contribution in [3.63, 3.8) is 0 Å². The van der Waals surface area contributed by atoms with E-state index in [1.807, 2.05) is 6.07 Å². The average Bonchev–Trinajstić information content (AvgIpc) is 2.52. The van der Waals surface area contributed by atoms with Gasteiger partial charge in [-0.2, -0.15) is 0 Å².